The Bertz CT molecular complexity index is 754. The van der Waals surface area contributed by atoms with E-state index in [2.05, 4.69) is 62.5 Å². The molecule has 0 spiro atoms. The molecule has 0 unspecified atom stereocenters. The van der Waals surface area contributed by atoms with E-state index in [1.165, 1.54) is 231 Å². The smallest absolute Gasteiger partial charge is 0.219 e. The molecule has 360 valence electrons. The van der Waals surface area contributed by atoms with Crippen LogP contribution in [-0.4, -0.2) is 76.0 Å². The minimum atomic E-state index is 0.237. The van der Waals surface area contributed by atoms with Crippen LogP contribution in [0.1, 0.15) is 284 Å². The third kappa shape index (κ3) is 59.0. The normalized spacial score (nSPS) is 11.3. The molecular weight excluding hydrogens is 737 g/mol. The topological polar surface area (TPSA) is 64.7 Å². The molecule has 0 heterocycles. The lowest BCUT2D eigenvalue weighted by Crippen LogP contribution is -2.26. The Morgan fingerprint density at radius 1 is 0.283 bits per heavy atom. The van der Waals surface area contributed by atoms with E-state index in [1.54, 1.807) is 0 Å². The number of hydrogen-bond acceptors (Lipinski definition) is 4. The van der Waals surface area contributed by atoms with Crippen molar-refractivity contribution < 1.29 is 9.59 Å². The van der Waals surface area contributed by atoms with Gasteiger partial charge in [0.05, 0.1) is 0 Å². The van der Waals surface area contributed by atoms with E-state index in [9.17, 15) is 9.59 Å². The van der Waals surface area contributed by atoms with Crippen LogP contribution in [0.4, 0.5) is 0 Å². The molecule has 0 aromatic carbocycles. The maximum atomic E-state index is 11.7. The second-order valence-corrected chi connectivity index (χ2v) is 19.2. The lowest BCUT2D eigenvalue weighted by atomic mass is 10.0. The molecule has 0 rings (SSSR count). The first-order valence-corrected chi connectivity index (χ1v) is 27.2. The first-order valence-electron chi connectivity index (χ1n) is 27.2. The Hall–Kier alpha value is -1.14. The zero-order valence-electron chi connectivity index (χ0n) is 42.2. The number of hydrogen-bond donors (Lipinski definition) is 2. The molecule has 6 nitrogen and oxygen atoms in total. The summed E-state index contributed by atoms with van der Waals surface area (Å²) in [6.07, 6.45) is 56.4. The quantitative estimate of drug-likeness (QED) is 0.0599. The van der Waals surface area contributed by atoms with Gasteiger partial charge in [-0.3, -0.25) is 9.59 Å². The standard InChI is InChI=1S/2C27H56N2O/c2*1-4-5-6-7-8-9-10-11-12-13-14-15-16-17-18-19-20-21-22-24-27(30)28-25-23-26-29(2)3/h2*4-26H2,1-3H3,(H,28,30). The third-order valence-electron chi connectivity index (χ3n) is 12.2. The van der Waals surface area contributed by atoms with E-state index in [1.807, 2.05) is 0 Å². The molecule has 0 saturated heterocycles. The van der Waals surface area contributed by atoms with E-state index < -0.39 is 0 Å². The number of nitrogens with one attached hydrogen (secondary N) is 2. The Kier molecular flexibility index (Phi) is 54.8. The summed E-state index contributed by atoms with van der Waals surface area (Å²) < 4.78 is 0. The van der Waals surface area contributed by atoms with E-state index in [0.717, 1.165) is 51.9 Å². The molecule has 0 saturated carbocycles. The van der Waals surface area contributed by atoms with Crippen molar-refractivity contribution in [1.82, 2.24) is 20.4 Å². The van der Waals surface area contributed by atoms with Crippen molar-refractivity contribution in [2.75, 3.05) is 54.4 Å². The van der Waals surface area contributed by atoms with Gasteiger partial charge in [0.15, 0.2) is 0 Å². The van der Waals surface area contributed by atoms with Gasteiger partial charge < -0.3 is 20.4 Å². The highest BCUT2D eigenvalue weighted by Crippen LogP contribution is 2.16. The first-order chi connectivity index (χ1) is 29.3. The Morgan fingerprint density at radius 3 is 0.650 bits per heavy atom. The highest BCUT2D eigenvalue weighted by Gasteiger charge is 2.03. The number of amides is 2. The third-order valence-corrected chi connectivity index (χ3v) is 12.2. The van der Waals surface area contributed by atoms with Crippen molar-refractivity contribution in [3.8, 4) is 0 Å². The zero-order chi connectivity index (χ0) is 44.3. The second kappa shape index (κ2) is 54.0. The van der Waals surface area contributed by atoms with Gasteiger partial charge in [-0.15, -0.1) is 0 Å². The largest absolute Gasteiger partial charge is 0.356 e. The van der Waals surface area contributed by atoms with Gasteiger partial charge in [-0.1, -0.05) is 245 Å². The van der Waals surface area contributed by atoms with E-state index in [-0.39, 0.29) is 11.8 Å². The van der Waals surface area contributed by atoms with E-state index >= 15 is 0 Å². The molecule has 2 amide bonds. The minimum Gasteiger partial charge on any atom is -0.356 e. The van der Waals surface area contributed by atoms with Crippen molar-refractivity contribution in [2.24, 2.45) is 0 Å². The van der Waals surface area contributed by atoms with Gasteiger partial charge in [0.25, 0.3) is 0 Å². The van der Waals surface area contributed by atoms with Crippen LogP contribution in [0.15, 0.2) is 0 Å². The van der Waals surface area contributed by atoms with Crippen molar-refractivity contribution in [3.05, 3.63) is 0 Å². The van der Waals surface area contributed by atoms with Crippen molar-refractivity contribution >= 4 is 11.8 Å². The molecule has 0 atom stereocenters. The Labute approximate surface area is 378 Å². The predicted octanol–water partition coefficient (Wildman–Crippen LogP) is 15.8. The minimum absolute atomic E-state index is 0.237. The van der Waals surface area contributed by atoms with Crippen LogP contribution >= 0.6 is 0 Å². The summed E-state index contributed by atoms with van der Waals surface area (Å²) in [6, 6.07) is 0. The molecular formula is C54H112N4O2. The van der Waals surface area contributed by atoms with Crippen LogP contribution < -0.4 is 10.6 Å². The van der Waals surface area contributed by atoms with Crippen LogP contribution in [0.2, 0.25) is 0 Å². The average molecular weight is 850 g/mol. The molecule has 2 N–H and O–H groups in total. The number of carbonyl (C=O) groups excluding carboxylic acids is 2. The van der Waals surface area contributed by atoms with Gasteiger partial charge in [0, 0.05) is 25.9 Å². The molecule has 0 aliphatic rings. The molecule has 60 heavy (non-hydrogen) atoms. The van der Waals surface area contributed by atoms with Crippen LogP contribution in [0, 0.1) is 0 Å². The molecule has 0 fully saturated rings. The van der Waals surface area contributed by atoms with Crippen molar-refractivity contribution in [1.29, 1.82) is 0 Å². The summed E-state index contributed by atoms with van der Waals surface area (Å²) in [7, 11) is 8.28. The van der Waals surface area contributed by atoms with Crippen LogP contribution in [0.5, 0.6) is 0 Å². The van der Waals surface area contributed by atoms with Crippen LogP contribution in [0.25, 0.3) is 0 Å². The van der Waals surface area contributed by atoms with Gasteiger partial charge in [-0.25, -0.2) is 0 Å². The summed E-state index contributed by atoms with van der Waals surface area (Å²) in [5, 5.41) is 6.06. The molecule has 6 heteroatoms. The van der Waals surface area contributed by atoms with Gasteiger partial charge >= 0.3 is 0 Å². The molecule has 0 aromatic heterocycles. The molecule has 0 aliphatic heterocycles. The van der Waals surface area contributed by atoms with Gasteiger partial charge in [-0.2, -0.15) is 0 Å². The number of rotatable bonds is 48. The van der Waals surface area contributed by atoms with Gasteiger partial charge in [0.1, 0.15) is 0 Å². The summed E-state index contributed by atoms with van der Waals surface area (Å²) in [5.74, 6) is 0.474. The summed E-state index contributed by atoms with van der Waals surface area (Å²) in [5.41, 5.74) is 0. The summed E-state index contributed by atoms with van der Waals surface area (Å²) in [4.78, 5) is 27.8. The van der Waals surface area contributed by atoms with Crippen LogP contribution in [-0.2, 0) is 9.59 Å². The molecule has 0 aliphatic carbocycles. The average Bonchev–Trinajstić information content (AvgIpc) is 3.23. The predicted molar refractivity (Wildman–Crippen MR) is 268 cm³/mol. The number of nitrogens with zero attached hydrogens (tertiary/aromatic N) is 2. The zero-order valence-corrected chi connectivity index (χ0v) is 42.2. The molecule has 0 radical (unpaired) electrons. The fraction of sp³-hybridized carbons (Fsp3) is 0.963. The second-order valence-electron chi connectivity index (χ2n) is 19.2. The first kappa shape index (κ1) is 60.9. The van der Waals surface area contributed by atoms with E-state index in [0.29, 0.717) is 12.8 Å². The lowest BCUT2D eigenvalue weighted by Gasteiger charge is -2.09. The highest BCUT2D eigenvalue weighted by atomic mass is 16.2. The highest BCUT2D eigenvalue weighted by molar-refractivity contribution is 5.76. The monoisotopic (exact) mass is 849 g/mol. The van der Waals surface area contributed by atoms with Crippen LogP contribution in [0.3, 0.4) is 0 Å². The maximum absolute atomic E-state index is 11.7. The maximum Gasteiger partial charge on any atom is 0.219 e. The Balaban J connectivity index is 0. The SMILES string of the molecule is CCCCCCCCCCCCCCCCCCCCCC(=O)NCCCN(C)C.CCCCCCCCCCCCCCCCCCCCCC(=O)NCCCN(C)C. The van der Waals surface area contributed by atoms with Gasteiger partial charge in [0.2, 0.25) is 11.8 Å². The summed E-state index contributed by atoms with van der Waals surface area (Å²) >= 11 is 0. The van der Waals surface area contributed by atoms with Crippen molar-refractivity contribution in [2.45, 2.75) is 284 Å². The van der Waals surface area contributed by atoms with Crippen molar-refractivity contribution in [3.63, 3.8) is 0 Å². The molecule has 0 bridgehead atoms. The van der Waals surface area contributed by atoms with E-state index in [4.69, 9.17) is 0 Å². The molecule has 0 aromatic rings. The Morgan fingerprint density at radius 2 is 0.467 bits per heavy atom. The number of carbonyl (C=O) groups is 2. The summed E-state index contributed by atoms with van der Waals surface area (Å²) in [6.45, 7) is 8.30. The fourth-order valence-corrected chi connectivity index (χ4v) is 8.15. The lowest BCUT2D eigenvalue weighted by molar-refractivity contribution is -0.122. The fourth-order valence-electron chi connectivity index (χ4n) is 8.15. The van der Waals surface area contributed by atoms with Gasteiger partial charge in [-0.05, 0) is 67.0 Å². The number of unbranched alkanes of at least 4 members (excludes halogenated alkanes) is 36.